The van der Waals surface area contributed by atoms with Gasteiger partial charge in [-0.3, -0.25) is 4.98 Å². The number of anilines is 1. The average Bonchev–Trinajstić information content (AvgIpc) is 2.34. The van der Waals surface area contributed by atoms with E-state index in [9.17, 15) is 0 Å². The zero-order chi connectivity index (χ0) is 13.5. The van der Waals surface area contributed by atoms with Gasteiger partial charge in [-0.05, 0) is 39.6 Å². The van der Waals surface area contributed by atoms with Crippen molar-refractivity contribution in [1.29, 1.82) is 0 Å². The predicted molar refractivity (Wildman–Crippen MR) is 77.9 cm³/mol. The first kappa shape index (κ1) is 14.9. The van der Waals surface area contributed by atoms with E-state index in [1.54, 1.807) is 0 Å². The highest BCUT2D eigenvalue weighted by Gasteiger charge is 2.07. The molecule has 0 fully saturated rings. The fourth-order valence-electron chi connectivity index (χ4n) is 1.81. The summed E-state index contributed by atoms with van der Waals surface area (Å²) in [5.74, 6) is 0. The second-order valence-electron chi connectivity index (χ2n) is 5.02. The summed E-state index contributed by atoms with van der Waals surface area (Å²) in [6.45, 7) is 7.30. The molecule has 0 saturated heterocycles. The first-order chi connectivity index (χ1) is 8.54. The quantitative estimate of drug-likeness (QED) is 0.802. The Balaban J connectivity index is 2.72. The average molecular weight is 250 g/mol. The number of nitrogens with two attached hydrogens (primary N) is 1. The monoisotopic (exact) mass is 250 g/mol. The molecule has 4 nitrogen and oxygen atoms in total. The molecule has 0 spiro atoms. The number of hydrogen-bond acceptors (Lipinski definition) is 4. The van der Waals surface area contributed by atoms with Gasteiger partial charge in [0.15, 0.2) is 0 Å². The minimum Gasteiger partial charge on any atom is -0.369 e. The van der Waals surface area contributed by atoms with Crippen molar-refractivity contribution in [2.24, 2.45) is 5.73 Å². The molecule has 0 aliphatic rings. The van der Waals surface area contributed by atoms with Gasteiger partial charge in [-0.25, -0.2) is 0 Å². The van der Waals surface area contributed by atoms with Crippen molar-refractivity contribution < 1.29 is 0 Å². The summed E-state index contributed by atoms with van der Waals surface area (Å²) >= 11 is 0. The number of rotatable bonds is 7. The zero-order valence-corrected chi connectivity index (χ0v) is 12.1. The van der Waals surface area contributed by atoms with Crippen LogP contribution in [0.2, 0.25) is 0 Å². The van der Waals surface area contributed by atoms with Crippen molar-refractivity contribution in [3.8, 4) is 0 Å². The molecule has 0 radical (unpaired) electrons. The lowest BCUT2D eigenvalue weighted by molar-refractivity contribution is 0.413. The topological polar surface area (TPSA) is 45.4 Å². The Morgan fingerprint density at radius 1 is 1.22 bits per heavy atom. The number of pyridine rings is 1. The lowest BCUT2D eigenvalue weighted by atomic mass is 10.2. The molecule has 0 aliphatic heterocycles. The Kier molecular flexibility index (Phi) is 6.09. The molecule has 1 atom stereocenters. The normalized spacial score (nSPS) is 12.8. The van der Waals surface area contributed by atoms with Gasteiger partial charge in [0.1, 0.15) is 0 Å². The van der Waals surface area contributed by atoms with Gasteiger partial charge in [-0.1, -0.05) is 6.92 Å². The summed E-state index contributed by atoms with van der Waals surface area (Å²) in [6.07, 6.45) is 3.08. The molecule has 0 aromatic carbocycles. The van der Waals surface area contributed by atoms with E-state index < -0.39 is 0 Å². The van der Waals surface area contributed by atoms with Crippen LogP contribution in [0.3, 0.4) is 0 Å². The SMILES string of the molecule is CCCN(CCN(C)C)c1ccc([C@H](C)N)nc1. The van der Waals surface area contributed by atoms with Crippen LogP contribution in [0.15, 0.2) is 18.3 Å². The van der Waals surface area contributed by atoms with Crippen LogP contribution in [-0.4, -0.2) is 43.6 Å². The largest absolute Gasteiger partial charge is 0.369 e. The summed E-state index contributed by atoms with van der Waals surface area (Å²) < 4.78 is 0. The first-order valence-corrected chi connectivity index (χ1v) is 6.65. The van der Waals surface area contributed by atoms with Gasteiger partial charge < -0.3 is 15.5 Å². The zero-order valence-electron chi connectivity index (χ0n) is 12.1. The van der Waals surface area contributed by atoms with Gasteiger partial charge in [-0.15, -0.1) is 0 Å². The molecule has 0 saturated carbocycles. The second-order valence-corrected chi connectivity index (χ2v) is 5.02. The molecular formula is C14H26N4. The van der Waals surface area contributed by atoms with Gasteiger partial charge in [-0.2, -0.15) is 0 Å². The van der Waals surface area contributed by atoms with Crippen LogP contribution < -0.4 is 10.6 Å². The molecule has 0 aliphatic carbocycles. The van der Waals surface area contributed by atoms with Gasteiger partial charge >= 0.3 is 0 Å². The molecule has 0 amide bonds. The molecule has 1 rings (SSSR count). The Morgan fingerprint density at radius 3 is 2.39 bits per heavy atom. The number of aromatic nitrogens is 1. The van der Waals surface area contributed by atoms with Crippen LogP contribution in [-0.2, 0) is 0 Å². The Labute approximate surface area is 111 Å². The first-order valence-electron chi connectivity index (χ1n) is 6.65. The smallest absolute Gasteiger partial charge is 0.0569 e. The maximum Gasteiger partial charge on any atom is 0.0569 e. The molecule has 102 valence electrons. The Hall–Kier alpha value is -1.13. The minimum atomic E-state index is 0.000417. The van der Waals surface area contributed by atoms with E-state index in [1.165, 1.54) is 5.69 Å². The fraction of sp³-hybridized carbons (Fsp3) is 0.643. The maximum atomic E-state index is 5.81. The van der Waals surface area contributed by atoms with Gasteiger partial charge in [0.2, 0.25) is 0 Å². The summed E-state index contributed by atoms with van der Waals surface area (Å²) in [5.41, 5.74) is 7.94. The molecule has 0 bridgehead atoms. The molecule has 1 aromatic rings. The number of nitrogens with zero attached hydrogens (tertiary/aromatic N) is 3. The molecule has 1 aromatic heterocycles. The van der Waals surface area contributed by atoms with Crippen molar-refractivity contribution >= 4 is 5.69 Å². The summed E-state index contributed by atoms with van der Waals surface area (Å²) in [5, 5.41) is 0. The third kappa shape index (κ3) is 4.63. The highest BCUT2D eigenvalue weighted by Crippen LogP contribution is 2.15. The Morgan fingerprint density at radius 2 is 1.94 bits per heavy atom. The fourth-order valence-corrected chi connectivity index (χ4v) is 1.81. The summed E-state index contributed by atoms with van der Waals surface area (Å²) in [7, 11) is 4.20. The lowest BCUT2D eigenvalue weighted by Crippen LogP contribution is -2.32. The lowest BCUT2D eigenvalue weighted by Gasteiger charge is -2.26. The number of hydrogen-bond donors (Lipinski definition) is 1. The van der Waals surface area contributed by atoms with Crippen LogP contribution >= 0.6 is 0 Å². The van der Waals surface area contributed by atoms with Crippen molar-refractivity contribution in [1.82, 2.24) is 9.88 Å². The maximum absolute atomic E-state index is 5.81. The number of likely N-dealkylation sites (N-methyl/N-ethyl adjacent to an activating group) is 1. The van der Waals surface area contributed by atoms with Gasteiger partial charge in [0.25, 0.3) is 0 Å². The Bertz CT molecular complexity index is 332. The van der Waals surface area contributed by atoms with E-state index in [1.807, 2.05) is 19.2 Å². The molecular weight excluding hydrogens is 224 g/mol. The van der Waals surface area contributed by atoms with Gasteiger partial charge in [0, 0.05) is 25.7 Å². The van der Waals surface area contributed by atoms with Crippen LogP contribution in [0, 0.1) is 0 Å². The van der Waals surface area contributed by atoms with E-state index in [4.69, 9.17) is 5.73 Å². The minimum absolute atomic E-state index is 0.000417. The molecule has 18 heavy (non-hydrogen) atoms. The summed E-state index contributed by atoms with van der Waals surface area (Å²) in [6, 6.07) is 4.15. The van der Waals surface area contributed by atoms with Crippen LogP contribution in [0.1, 0.15) is 32.0 Å². The van der Waals surface area contributed by atoms with Crippen molar-refractivity contribution in [2.75, 3.05) is 38.6 Å². The molecule has 4 heteroatoms. The van der Waals surface area contributed by atoms with Crippen molar-refractivity contribution in [3.05, 3.63) is 24.0 Å². The van der Waals surface area contributed by atoms with Crippen LogP contribution in [0.25, 0.3) is 0 Å². The second kappa shape index (κ2) is 7.34. The van der Waals surface area contributed by atoms with Crippen LogP contribution in [0.5, 0.6) is 0 Å². The highest BCUT2D eigenvalue weighted by atomic mass is 15.2. The standard InChI is InChI=1S/C14H26N4/c1-5-8-18(10-9-17(3)4)13-6-7-14(12(2)15)16-11-13/h6-7,11-12H,5,8-10,15H2,1-4H3/t12-/m0/s1. The highest BCUT2D eigenvalue weighted by molar-refractivity contribution is 5.44. The van der Waals surface area contributed by atoms with E-state index >= 15 is 0 Å². The molecule has 0 unspecified atom stereocenters. The molecule has 2 N–H and O–H groups in total. The third-order valence-electron chi connectivity index (χ3n) is 2.91. The van der Waals surface area contributed by atoms with Crippen LogP contribution in [0.4, 0.5) is 5.69 Å². The molecule has 1 heterocycles. The van der Waals surface area contributed by atoms with Crippen molar-refractivity contribution in [2.45, 2.75) is 26.3 Å². The van der Waals surface area contributed by atoms with Gasteiger partial charge in [0.05, 0.1) is 17.6 Å². The predicted octanol–water partition coefficient (Wildman–Crippen LogP) is 1.88. The van der Waals surface area contributed by atoms with E-state index in [2.05, 4.69) is 41.9 Å². The summed E-state index contributed by atoms with van der Waals surface area (Å²) in [4.78, 5) is 9.00. The van der Waals surface area contributed by atoms with Crippen molar-refractivity contribution in [3.63, 3.8) is 0 Å². The van der Waals surface area contributed by atoms with E-state index in [0.29, 0.717) is 0 Å². The van der Waals surface area contributed by atoms with E-state index in [0.717, 1.165) is 31.7 Å². The van der Waals surface area contributed by atoms with E-state index in [-0.39, 0.29) is 6.04 Å². The third-order valence-corrected chi connectivity index (χ3v) is 2.91.